The highest BCUT2D eigenvalue weighted by Gasteiger charge is 2.32. The molecule has 0 saturated carbocycles. The average Bonchev–Trinajstić information content (AvgIpc) is 2.14. The lowest BCUT2D eigenvalue weighted by Gasteiger charge is -2.44. The van der Waals surface area contributed by atoms with E-state index in [9.17, 15) is 4.79 Å². The highest BCUT2D eigenvalue weighted by Crippen LogP contribution is 2.16. The average molecular weight is 213 g/mol. The molecule has 0 spiro atoms. The Labute approximate surface area is 92.4 Å². The first-order valence-electron chi connectivity index (χ1n) is 5.72. The predicted octanol–water partition coefficient (Wildman–Crippen LogP) is 0.275. The number of likely N-dealkylation sites (N-methyl/N-ethyl adjacent to an activating group) is 1. The lowest BCUT2D eigenvalue weighted by Crippen LogP contribution is -2.59. The first kappa shape index (κ1) is 12.5. The van der Waals surface area contributed by atoms with Crippen LogP contribution in [0.4, 0.5) is 0 Å². The molecule has 15 heavy (non-hydrogen) atoms. The van der Waals surface area contributed by atoms with Crippen molar-refractivity contribution in [3.8, 4) is 0 Å². The van der Waals surface area contributed by atoms with Gasteiger partial charge in [-0.1, -0.05) is 6.92 Å². The van der Waals surface area contributed by atoms with Crippen LogP contribution in [-0.4, -0.2) is 54.0 Å². The van der Waals surface area contributed by atoms with Gasteiger partial charge < -0.3 is 5.73 Å². The number of hydrogen-bond acceptors (Lipinski definition) is 3. The summed E-state index contributed by atoms with van der Waals surface area (Å²) < 4.78 is 0. The normalized spacial score (nSPS) is 31.5. The lowest BCUT2D eigenvalue weighted by molar-refractivity contribution is -0.125. The molecule has 1 aliphatic heterocycles. The monoisotopic (exact) mass is 213 g/mol. The van der Waals surface area contributed by atoms with Crippen molar-refractivity contribution in [3.05, 3.63) is 0 Å². The van der Waals surface area contributed by atoms with Crippen LogP contribution in [0.1, 0.15) is 27.2 Å². The Morgan fingerprint density at radius 2 is 1.87 bits per heavy atom. The van der Waals surface area contributed by atoms with Crippen molar-refractivity contribution in [3.63, 3.8) is 0 Å². The molecular weight excluding hydrogens is 190 g/mol. The summed E-state index contributed by atoms with van der Waals surface area (Å²) in [5.74, 6) is -0.193. The molecule has 4 heteroatoms. The smallest absolute Gasteiger partial charge is 0.234 e. The highest BCUT2D eigenvalue weighted by atomic mass is 16.1. The number of nitrogens with zero attached hydrogens (tertiary/aromatic N) is 2. The van der Waals surface area contributed by atoms with Gasteiger partial charge in [0.05, 0.1) is 6.04 Å². The van der Waals surface area contributed by atoms with Crippen LogP contribution in [0.3, 0.4) is 0 Å². The maximum atomic E-state index is 11.3. The SMILES string of the molecule is CCC(C(N)=O)N1C[C@H](C)N(C)[C@@H](C)C1. The molecule has 0 aromatic rings. The number of piperazine rings is 1. The van der Waals surface area contributed by atoms with Gasteiger partial charge in [-0.15, -0.1) is 0 Å². The second-order valence-electron chi connectivity index (χ2n) is 4.64. The molecule has 1 fully saturated rings. The number of primary amides is 1. The second kappa shape index (κ2) is 4.94. The van der Waals surface area contributed by atoms with Crippen LogP contribution >= 0.6 is 0 Å². The van der Waals surface area contributed by atoms with E-state index in [1.165, 1.54) is 0 Å². The number of amides is 1. The highest BCUT2D eigenvalue weighted by molar-refractivity contribution is 5.79. The van der Waals surface area contributed by atoms with Crippen molar-refractivity contribution in [1.29, 1.82) is 0 Å². The number of carbonyl (C=O) groups is 1. The van der Waals surface area contributed by atoms with Gasteiger partial charge in [-0.25, -0.2) is 0 Å². The number of hydrogen-bond donors (Lipinski definition) is 1. The maximum Gasteiger partial charge on any atom is 0.234 e. The Morgan fingerprint density at radius 1 is 1.40 bits per heavy atom. The first-order chi connectivity index (χ1) is 6.97. The number of carbonyl (C=O) groups excluding carboxylic acids is 1. The van der Waals surface area contributed by atoms with Gasteiger partial charge in [0.15, 0.2) is 0 Å². The Kier molecular flexibility index (Phi) is 4.11. The molecule has 4 nitrogen and oxygen atoms in total. The summed E-state index contributed by atoms with van der Waals surface area (Å²) in [5, 5.41) is 0. The summed E-state index contributed by atoms with van der Waals surface area (Å²) in [6.07, 6.45) is 0.804. The predicted molar refractivity (Wildman–Crippen MR) is 61.5 cm³/mol. The first-order valence-corrected chi connectivity index (χ1v) is 5.72. The molecule has 1 rings (SSSR count). The molecule has 88 valence electrons. The summed E-state index contributed by atoms with van der Waals surface area (Å²) in [6.45, 7) is 8.26. The third-order valence-electron chi connectivity index (χ3n) is 3.54. The van der Waals surface area contributed by atoms with Crippen molar-refractivity contribution >= 4 is 5.91 Å². The van der Waals surface area contributed by atoms with E-state index in [1.54, 1.807) is 0 Å². The van der Waals surface area contributed by atoms with Crippen LogP contribution in [-0.2, 0) is 4.79 Å². The van der Waals surface area contributed by atoms with E-state index in [1.807, 2.05) is 6.92 Å². The zero-order valence-electron chi connectivity index (χ0n) is 10.2. The minimum Gasteiger partial charge on any atom is -0.368 e. The molecule has 1 amide bonds. The van der Waals surface area contributed by atoms with Crippen LogP contribution in [0.5, 0.6) is 0 Å². The molecule has 1 unspecified atom stereocenters. The Balaban J connectivity index is 2.67. The van der Waals surface area contributed by atoms with E-state index in [0.717, 1.165) is 19.5 Å². The van der Waals surface area contributed by atoms with Crippen molar-refractivity contribution < 1.29 is 4.79 Å². The molecule has 0 bridgehead atoms. The van der Waals surface area contributed by atoms with E-state index in [2.05, 4.69) is 30.7 Å². The van der Waals surface area contributed by atoms with Gasteiger partial charge in [0.1, 0.15) is 0 Å². The van der Waals surface area contributed by atoms with E-state index in [-0.39, 0.29) is 11.9 Å². The largest absolute Gasteiger partial charge is 0.368 e. The van der Waals surface area contributed by atoms with Crippen LogP contribution in [0.15, 0.2) is 0 Å². The fourth-order valence-corrected chi connectivity index (χ4v) is 2.34. The molecule has 0 aliphatic carbocycles. The van der Waals surface area contributed by atoms with Gasteiger partial charge >= 0.3 is 0 Å². The molecule has 3 atom stereocenters. The van der Waals surface area contributed by atoms with Gasteiger partial charge in [0.25, 0.3) is 0 Å². The zero-order valence-corrected chi connectivity index (χ0v) is 10.2. The van der Waals surface area contributed by atoms with E-state index in [0.29, 0.717) is 12.1 Å². The molecule has 0 aromatic carbocycles. The van der Waals surface area contributed by atoms with Gasteiger partial charge in [0.2, 0.25) is 5.91 Å². The van der Waals surface area contributed by atoms with Crippen molar-refractivity contribution in [1.82, 2.24) is 9.80 Å². The van der Waals surface area contributed by atoms with Crippen LogP contribution in [0.25, 0.3) is 0 Å². The van der Waals surface area contributed by atoms with Crippen LogP contribution < -0.4 is 5.73 Å². The summed E-state index contributed by atoms with van der Waals surface area (Å²) in [7, 11) is 2.14. The van der Waals surface area contributed by atoms with Crippen molar-refractivity contribution in [2.75, 3.05) is 20.1 Å². The van der Waals surface area contributed by atoms with Crippen molar-refractivity contribution in [2.45, 2.75) is 45.3 Å². The van der Waals surface area contributed by atoms with Gasteiger partial charge in [-0.3, -0.25) is 14.6 Å². The van der Waals surface area contributed by atoms with Crippen LogP contribution in [0.2, 0.25) is 0 Å². The second-order valence-corrected chi connectivity index (χ2v) is 4.64. The third kappa shape index (κ3) is 2.69. The summed E-state index contributed by atoms with van der Waals surface area (Å²) in [5.41, 5.74) is 5.41. The van der Waals surface area contributed by atoms with E-state index < -0.39 is 0 Å². The minimum atomic E-state index is -0.193. The van der Waals surface area contributed by atoms with E-state index in [4.69, 9.17) is 5.73 Å². The molecule has 2 N–H and O–H groups in total. The summed E-state index contributed by atoms with van der Waals surface area (Å²) >= 11 is 0. The molecule has 1 heterocycles. The van der Waals surface area contributed by atoms with Crippen LogP contribution in [0, 0.1) is 0 Å². The molecule has 0 aromatic heterocycles. The maximum absolute atomic E-state index is 11.3. The van der Waals surface area contributed by atoms with E-state index >= 15 is 0 Å². The summed E-state index contributed by atoms with van der Waals surface area (Å²) in [4.78, 5) is 15.9. The Morgan fingerprint density at radius 3 is 2.20 bits per heavy atom. The van der Waals surface area contributed by atoms with Gasteiger partial charge in [-0.2, -0.15) is 0 Å². The third-order valence-corrected chi connectivity index (χ3v) is 3.54. The fourth-order valence-electron chi connectivity index (χ4n) is 2.34. The molecular formula is C11H23N3O. The standard InChI is InChI=1S/C11H23N3O/c1-5-10(11(12)15)14-6-8(2)13(4)9(3)7-14/h8-10H,5-7H2,1-4H3,(H2,12,15)/t8-,9-,10?/m0/s1. The van der Waals surface area contributed by atoms with Gasteiger partial charge in [0, 0.05) is 25.2 Å². The molecule has 0 radical (unpaired) electrons. The van der Waals surface area contributed by atoms with Crippen molar-refractivity contribution in [2.24, 2.45) is 5.73 Å². The fraction of sp³-hybridized carbons (Fsp3) is 0.909. The van der Waals surface area contributed by atoms with Gasteiger partial charge in [-0.05, 0) is 27.3 Å². The lowest BCUT2D eigenvalue weighted by atomic mass is 10.0. The Hall–Kier alpha value is -0.610. The topological polar surface area (TPSA) is 49.6 Å². The Bertz CT molecular complexity index is 220. The molecule has 1 saturated heterocycles. The number of nitrogens with two attached hydrogens (primary N) is 1. The zero-order chi connectivity index (χ0) is 11.6. The minimum absolute atomic E-state index is 0.0939. The summed E-state index contributed by atoms with van der Waals surface area (Å²) in [6, 6.07) is 0.882. The quantitative estimate of drug-likeness (QED) is 0.732. The molecule has 1 aliphatic rings. The number of rotatable bonds is 3.